The van der Waals surface area contributed by atoms with Gasteiger partial charge in [-0.3, -0.25) is 0 Å². The van der Waals surface area contributed by atoms with E-state index in [0.717, 1.165) is 22.3 Å². The Morgan fingerprint density at radius 1 is 0.950 bits per heavy atom. The van der Waals surface area contributed by atoms with Crippen molar-refractivity contribution in [2.45, 2.75) is 78.5 Å². The zero-order valence-electron chi connectivity index (χ0n) is 23.8. The van der Waals surface area contributed by atoms with Gasteiger partial charge in [0.2, 0.25) is 0 Å². The Labute approximate surface area is 234 Å². The standard InChI is InChI=1S/C30H41F3N2O5/c1-5-39-27(28(36)37)20-24-10-12-25(13-11-24)40-17-16-35(15-9-7-6-8-14-30(31,32)33)29(38)34-26-19-22(3)21(2)18-23(26)4/h10-13,18-19,27H,5-9,14-17,20H2,1-4H3,(H,34,38)(H,36,37). The van der Waals surface area contributed by atoms with E-state index in [1.807, 2.05) is 32.9 Å². The lowest BCUT2D eigenvalue weighted by Gasteiger charge is -2.24. The fourth-order valence-electron chi connectivity index (χ4n) is 4.21. The van der Waals surface area contributed by atoms with Crippen LogP contribution in [0, 0.1) is 20.8 Å². The van der Waals surface area contributed by atoms with E-state index < -0.39 is 24.7 Å². The van der Waals surface area contributed by atoms with Crippen molar-refractivity contribution in [1.82, 2.24) is 4.90 Å². The topological polar surface area (TPSA) is 88.1 Å². The van der Waals surface area contributed by atoms with E-state index in [1.165, 1.54) is 0 Å². The van der Waals surface area contributed by atoms with E-state index in [0.29, 0.717) is 43.9 Å². The number of rotatable bonds is 16. The Bertz CT molecular complexity index is 1090. The average molecular weight is 567 g/mol. The summed E-state index contributed by atoms with van der Waals surface area (Å²) in [6, 6.07) is 10.7. The Balaban J connectivity index is 1.96. The number of hydrogen-bond acceptors (Lipinski definition) is 4. The highest BCUT2D eigenvalue weighted by Gasteiger charge is 2.25. The number of alkyl halides is 3. The molecule has 2 N–H and O–H groups in total. The van der Waals surface area contributed by atoms with Crippen LogP contribution in [0.4, 0.5) is 23.7 Å². The molecule has 2 aromatic rings. The SMILES string of the molecule is CCOC(Cc1ccc(OCCN(CCCCCCC(F)(F)F)C(=O)Nc2cc(C)c(C)cc2C)cc1)C(=O)O. The number of halogens is 3. The van der Waals surface area contributed by atoms with Crippen molar-refractivity contribution < 1.29 is 37.3 Å². The van der Waals surface area contributed by atoms with Crippen LogP contribution >= 0.6 is 0 Å². The molecule has 0 aliphatic carbocycles. The Morgan fingerprint density at radius 2 is 1.60 bits per heavy atom. The lowest BCUT2D eigenvalue weighted by molar-refractivity contribution is -0.150. The lowest BCUT2D eigenvalue weighted by Crippen LogP contribution is -2.38. The molecule has 0 saturated heterocycles. The van der Waals surface area contributed by atoms with Crippen LogP contribution in [0.2, 0.25) is 0 Å². The summed E-state index contributed by atoms with van der Waals surface area (Å²) < 4.78 is 48.3. The van der Waals surface area contributed by atoms with Gasteiger partial charge >= 0.3 is 18.2 Å². The molecule has 222 valence electrons. The summed E-state index contributed by atoms with van der Waals surface area (Å²) in [6.07, 6.45) is -3.93. The number of carboxylic acid groups (broad SMARTS) is 1. The number of carboxylic acids is 1. The van der Waals surface area contributed by atoms with Crippen LogP contribution in [0.1, 0.15) is 61.3 Å². The van der Waals surface area contributed by atoms with Crippen LogP contribution in [0.3, 0.4) is 0 Å². The zero-order valence-corrected chi connectivity index (χ0v) is 23.8. The third-order valence-electron chi connectivity index (χ3n) is 6.63. The monoisotopic (exact) mass is 566 g/mol. The Hall–Kier alpha value is -3.27. The number of aliphatic carboxylic acids is 1. The van der Waals surface area contributed by atoms with Gasteiger partial charge in [0.25, 0.3) is 0 Å². The number of anilines is 1. The van der Waals surface area contributed by atoms with E-state index in [1.54, 1.807) is 36.1 Å². The molecule has 0 aliphatic rings. The van der Waals surface area contributed by atoms with Crippen molar-refractivity contribution >= 4 is 17.7 Å². The van der Waals surface area contributed by atoms with E-state index >= 15 is 0 Å². The molecule has 0 fully saturated rings. The quantitative estimate of drug-likeness (QED) is 0.212. The van der Waals surface area contributed by atoms with Crippen LogP contribution < -0.4 is 10.1 Å². The van der Waals surface area contributed by atoms with E-state index in [2.05, 4.69) is 5.32 Å². The van der Waals surface area contributed by atoms with Crippen molar-refractivity contribution in [3.8, 4) is 5.75 Å². The molecule has 2 rings (SSSR count). The second-order valence-electron chi connectivity index (χ2n) is 9.93. The van der Waals surface area contributed by atoms with Gasteiger partial charge in [-0.1, -0.05) is 31.0 Å². The summed E-state index contributed by atoms with van der Waals surface area (Å²) in [6.45, 7) is 8.83. The van der Waals surface area contributed by atoms with Gasteiger partial charge in [-0.05, 0) is 81.0 Å². The fourth-order valence-corrected chi connectivity index (χ4v) is 4.21. The molecule has 0 heterocycles. The van der Waals surface area contributed by atoms with E-state index in [4.69, 9.17) is 9.47 Å². The van der Waals surface area contributed by atoms with Crippen LogP contribution in [-0.4, -0.2) is 60.6 Å². The summed E-state index contributed by atoms with van der Waals surface area (Å²) in [5.41, 5.74) is 4.63. The molecule has 7 nitrogen and oxygen atoms in total. The van der Waals surface area contributed by atoms with Gasteiger partial charge in [-0.15, -0.1) is 0 Å². The van der Waals surface area contributed by atoms with Gasteiger partial charge in [0.05, 0.1) is 6.54 Å². The summed E-state index contributed by atoms with van der Waals surface area (Å²) in [5.74, 6) is -0.443. The van der Waals surface area contributed by atoms with Gasteiger partial charge in [0, 0.05) is 31.7 Å². The lowest BCUT2D eigenvalue weighted by atomic mass is 10.1. The summed E-state index contributed by atoms with van der Waals surface area (Å²) in [7, 11) is 0. The normalized spacial score (nSPS) is 12.2. The second-order valence-corrected chi connectivity index (χ2v) is 9.93. The molecule has 0 aromatic heterocycles. The largest absolute Gasteiger partial charge is 0.492 e. The van der Waals surface area contributed by atoms with Gasteiger partial charge in [0.15, 0.2) is 6.10 Å². The van der Waals surface area contributed by atoms with Gasteiger partial charge in [0.1, 0.15) is 12.4 Å². The Kier molecular flexibility index (Phi) is 13.3. The number of nitrogens with one attached hydrogen (secondary N) is 1. The first-order valence-corrected chi connectivity index (χ1v) is 13.7. The maximum atomic E-state index is 13.2. The molecule has 0 radical (unpaired) electrons. The van der Waals surface area contributed by atoms with Crippen LogP contribution in [0.25, 0.3) is 0 Å². The summed E-state index contributed by atoms with van der Waals surface area (Å²) in [5, 5.41) is 12.2. The molecule has 1 atom stereocenters. The second kappa shape index (κ2) is 16.1. The molecular weight excluding hydrogens is 525 g/mol. The fraction of sp³-hybridized carbons (Fsp3) is 0.533. The molecular formula is C30H41F3N2O5. The smallest absolute Gasteiger partial charge is 0.389 e. The molecule has 2 amide bonds. The van der Waals surface area contributed by atoms with Crippen molar-refractivity contribution in [3.63, 3.8) is 0 Å². The average Bonchev–Trinajstić information content (AvgIpc) is 2.88. The molecule has 1 unspecified atom stereocenters. The first-order valence-electron chi connectivity index (χ1n) is 13.7. The predicted octanol–water partition coefficient (Wildman–Crippen LogP) is 7.07. The molecule has 40 heavy (non-hydrogen) atoms. The minimum Gasteiger partial charge on any atom is -0.492 e. The van der Waals surface area contributed by atoms with Crippen molar-refractivity contribution in [2.24, 2.45) is 0 Å². The molecule has 0 aliphatic heterocycles. The molecule has 0 bridgehead atoms. The van der Waals surface area contributed by atoms with Crippen molar-refractivity contribution in [3.05, 3.63) is 58.7 Å². The number of unbranched alkanes of at least 4 members (excludes halogenated alkanes) is 3. The summed E-state index contributed by atoms with van der Waals surface area (Å²) in [4.78, 5) is 26.1. The van der Waals surface area contributed by atoms with Gasteiger partial charge in [-0.25, -0.2) is 9.59 Å². The highest BCUT2D eigenvalue weighted by atomic mass is 19.4. The minimum atomic E-state index is -4.15. The van der Waals surface area contributed by atoms with Gasteiger partial charge < -0.3 is 24.8 Å². The highest BCUT2D eigenvalue weighted by molar-refractivity contribution is 5.90. The molecule has 0 saturated carbocycles. The highest BCUT2D eigenvalue weighted by Crippen LogP contribution is 2.23. The van der Waals surface area contributed by atoms with Crippen molar-refractivity contribution in [2.75, 3.05) is 31.6 Å². The number of nitrogens with zero attached hydrogens (tertiary/aromatic N) is 1. The number of aryl methyl sites for hydroxylation is 3. The molecule has 0 spiro atoms. The molecule has 10 heteroatoms. The number of carbonyl (C=O) groups is 2. The molecule has 2 aromatic carbocycles. The van der Waals surface area contributed by atoms with Gasteiger partial charge in [-0.2, -0.15) is 13.2 Å². The number of urea groups is 1. The first-order chi connectivity index (χ1) is 18.9. The maximum Gasteiger partial charge on any atom is 0.389 e. The Morgan fingerprint density at radius 3 is 2.23 bits per heavy atom. The van der Waals surface area contributed by atoms with E-state index in [9.17, 15) is 27.9 Å². The maximum absolute atomic E-state index is 13.2. The van der Waals surface area contributed by atoms with Crippen LogP contribution in [0.15, 0.2) is 36.4 Å². The number of carbonyl (C=O) groups excluding carboxylic acids is 1. The predicted molar refractivity (Wildman–Crippen MR) is 149 cm³/mol. The third-order valence-corrected chi connectivity index (χ3v) is 6.63. The third kappa shape index (κ3) is 11.9. The minimum absolute atomic E-state index is 0.0778. The number of ether oxygens (including phenoxy) is 2. The number of hydrogen-bond donors (Lipinski definition) is 2. The zero-order chi connectivity index (χ0) is 29.7. The van der Waals surface area contributed by atoms with E-state index in [-0.39, 0.29) is 32.0 Å². The number of amides is 2. The van der Waals surface area contributed by atoms with Crippen molar-refractivity contribution in [1.29, 1.82) is 0 Å². The first kappa shape index (κ1) is 32.9. The van der Waals surface area contributed by atoms with Crippen LogP contribution in [0.5, 0.6) is 5.75 Å². The number of benzene rings is 2. The summed E-state index contributed by atoms with van der Waals surface area (Å²) >= 11 is 0. The van der Waals surface area contributed by atoms with Crippen LogP contribution in [-0.2, 0) is 16.0 Å².